The predicted molar refractivity (Wildman–Crippen MR) is 82.5 cm³/mol. The number of imidazole rings is 1. The topological polar surface area (TPSA) is 49.6 Å². The minimum absolute atomic E-state index is 0.0197. The Bertz CT molecular complexity index is 672. The standard InChI is InChI=1S/C15H20N4OS/c1-16-14(20)11-3-2-6-18(11)9-12-13(10-4-5-10)17-15-19(12)7-8-21-15/h7-8,10-11H,2-6,9H2,1H3,(H,16,20). The second-order valence-electron chi connectivity index (χ2n) is 6.02. The molecule has 2 aliphatic rings. The van der Waals surface area contributed by atoms with Gasteiger partial charge >= 0.3 is 0 Å². The first kappa shape index (κ1) is 13.3. The minimum Gasteiger partial charge on any atom is -0.358 e. The molecule has 5 nitrogen and oxygen atoms in total. The van der Waals surface area contributed by atoms with Gasteiger partial charge in [0.25, 0.3) is 0 Å². The highest BCUT2D eigenvalue weighted by atomic mass is 32.1. The Morgan fingerprint density at radius 1 is 1.48 bits per heavy atom. The van der Waals surface area contributed by atoms with Crippen LogP contribution in [0.3, 0.4) is 0 Å². The van der Waals surface area contributed by atoms with Crippen molar-refractivity contribution in [2.24, 2.45) is 0 Å². The summed E-state index contributed by atoms with van der Waals surface area (Å²) >= 11 is 1.69. The lowest BCUT2D eigenvalue weighted by molar-refractivity contribution is -0.125. The van der Waals surface area contributed by atoms with Crippen molar-refractivity contribution >= 4 is 22.2 Å². The third-order valence-electron chi connectivity index (χ3n) is 4.62. The van der Waals surface area contributed by atoms with Crippen LogP contribution in [-0.4, -0.2) is 39.8 Å². The second kappa shape index (κ2) is 5.10. The van der Waals surface area contributed by atoms with E-state index in [-0.39, 0.29) is 11.9 Å². The largest absolute Gasteiger partial charge is 0.358 e. The van der Waals surface area contributed by atoms with Crippen molar-refractivity contribution < 1.29 is 4.79 Å². The van der Waals surface area contributed by atoms with Gasteiger partial charge in [-0.05, 0) is 32.2 Å². The highest BCUT2D eigenvalue weighted by Crippen LogP contribution is 2.42. The molecule has 112 valence electrons. The van der Waals surface area contributed by atoms with Gasteiger partial charge in [-0.1, -0.05) is 0 Å². The molecule has 0 aromatic carbocycles. The van der Waals surface area contributed by atoms with Crippen LogP contribution in [0.2, 0.25) is 0 Å². The summed E-state index contributed by atoms with van der Waals surface area (Å²) in [4.78, 5) is 20.2. The molecule has 6 heteroatoms. The first-order chi connectivity index (χ1) is 10.3. The number of fused-ring (bicyclic) bond motifs is 1. The van der Waals surface area contributed by atoms with Crippen LogP contribution < -0.4 is 5.32 Å². The third-order valence-corrected chi connectivity index (χ3v) is 5.38. The minimum atomic E-state index is 0.0197. The lowest BCUT2D eigenvalue weighted by Gasteiger charge is -2.23. The molecule has 2 aromatic rings. The van der Waals surface area contributed by atoms with Crippen molar-refractivity contribution in [3.05, 3.63) is 23.0 Å². The van der Waals surface area contributed by atoms with Crippen molar-refractivity contribution in [1.29, 1.82) is 0 Å². The first-order valence-electron chi connectivity index (χ1n) is 7.68. The molecule has 2 aromatic heterocycles. The van der Waals surface area contributed by atoms with Gasteiger partial charge in [-0.15, -0.1) is 11.3 Å². The van der Waals surface area contributed by atoms with E-state index in [1.54, 1.807) is 18.4 Å². The van der Waals surface area contributed by atoms with Crippen molar-refractivity contribution in [3.8, 4) is 0 Å². The van der Waals surface area contributed by atoms with Gasteiger partial charge in [-0.2, -0.15) is 0 Å². The van der Waals surface area contributed by atoms with E-state index in [9.17, 15) is 4.79 Å². The van der Waals surface area contributed by atoms with Crippen LogP contribution in [0.5, 0.6) is 0 Å². The summed E-state index contributed by atoms with van der Waals surface area (Å²) in [6.07, 6.45) is 6.69. The van der Waals surface area contributed by atoms with Crippen molar-refractivity contribution in [2.45, 2.75) is 44.2 Å². The van der Waals surface area contributed by atoms with Crippen LogP contribution >= 0.6 is 11.3 Å². The Hall–Kier alpha value is -1.40. The smallest absolute Gasteiger partial charge is 0.237 e. The molecule has 1 unspecified atom stereocenters. The summed E-state index contributed by atoms with van der Waals surface area (Å²) in [5, 5.41) is 4.88. The van der Waals surface area contributed by atoms with Crippen LogP contribution in [-0.2, 0) is 11.3 Å². The molecule has 1 saturated carbocycles. The first-order valence-corrected chi connectivity index (χ1v) is 8.56. The Morgan fingerprint density at radius 2 is 2.33 bits per heavy atom. The van der Waals surface area contributed by atoms with Crippen LogP contribution in [0.4, 0.5) is 0 Å². The van der Waals surface area contributed by atoms with E-state index in [4.69, 9.17) is 4.98 Å². The highest BCUT2D eigenvalue weighted by molar-refractivity contribution is 7.15. The number of aromatic nitrogens is 2. The van der Waals surface area contributed by atoms with Gasteiger partial charge in [-0.25, -0.2) is 4.98 Å². The molecule has 1 saturated heterocycles. The predicted octanol–water partition coefficient (Wildman–Crippen LogP) is 1.98. The SMILES string of the molecule is CNC(=O)C1CCCN1Cc1c(C2CC2)nc2sccn12. The summed E-state index contributed by atoms with van der Waals surface area (Å²) in [5.41, 5.74) is 2.56. The zero-order valence-electron chi connectivity index (χ0n) is 12.2. The van der Waals surface area contributed by atoms with Gasteiger partial charge in [0.1, 0.15) is 0 Å². The number of hydrogen-bond donors (Lipinski definition) is 1. The van der Waals surface area contributed by atoms with Gasteiger partial charge in [0, 0.05) is 31.1 Å². The normalized spacial score (nSPS) is 23.0. The van der Waals surface area contributed by atoms with Gasteiger partial charge in [0.2, 0.25) is 5.91 Å². The van der Waals surface area contributed by atoms with Gasteiger partial charge < -0.3 is 5.32 Å². The molecule has 1 amide bonds. The Labute approximate surface area is 128 Å². The zero-order valence-corrected chi connectivity index (χ0v) is 13.0. The Kier molecular flexibility index (Phi) is 3.23. The molecule has 21 heavy (non-hydrogen) atoms. The van der Waals surface area contributed by atoms with E-state index in [0.29, 0.717) is 5.92 Å². The van der Waals surface area contributed by atoms with E-state index in [1.165, 1.54) is 24.2 Å². The summed E-state index contributed by atoms with van der Waals surface area (Å²) in [6.45, 7) is 1.83. The number of carbonyl (C=O) groups excluding carboxylic acids is 1. The molecule has 4 rings (SSSR count). The van der Waals surface area contributed by atoms with E-state index in [1.807, 2.05) is 0 Å². The van der Waals surface area contributed by atoms with Crippen LogP contribution in [0, 0.1) is 0 Å². The van der Waals surface area contributed by atoms with E-state index >= 15 is 0 Å². The zero-order chi connectivity index (χ0) is 14.4. The number of thiazole rings is 1. The molecule has 1 atom stereocenters. The number of rotatable bonds is 4. The maximum Gasteiger partial charge on any atom is 0.237 e. The number of nitrogens with one attached hydrogen (secondary N) is 1. The molecule has 1 aliphatic carbocycles. The van der Waals surface area contributed by atoms with E-state index in [0.717, 1.165) is 30.9 Å². The lowest BCUT2D eigenvalue weighted by Crippen LogP contribution is -2.41. The number of likely N-dealkylation sites (tertiary alicyclic amines) is 1. The summed E-state index contributed by atoms with van der Waals surface area (Å²) < 4.78 is 2.22. The van der Waals surface area contributed by atoms with E-state index in [2.05, 4.69) is 26.2 Å². The number of likely N-dealkylation sites (N-methyl/N-ethyl adjacent to an activating group) is 1. The lowest BCUT2D eigenvalue weighted by atomic mass is 10.2. The van der Waals surface area contributed by atoms with Gasteiger partial charge in [-0.3, -0.25) is 14.1 Å². The maximum absolute atomic E-state index is 12.0. The molecule has 1 N–H and O–H groups in total. The quantitative estimate of drug-likeness (QED) is 0.940. The molecule has 0 bridgehead atoms. The number of carbonyl (C=O) groups is 1. The number of nitrogens with zero attached hydrogens (tertiary/aromatic N) is 3. The maximum atomic E-state index is 12.0. The van der Waals surface area contributed by atoms with Crippen molar-refractivity contribution in [1.82, 2.24) is 19.6 Å². The van der Waals surface area contributed by atoms with Gasteiger partial charge in [0.05, 0.1) is 17.4 Å². The van der Waals surface area contributed by atoms with Crippen LogP contribution in [0.25, 0.3) is 4.96 Å². The molecule has 0 spiro atoms. The molecule has 3 heterocycles. The van der Waals surface area contributed by atoms with Crippen molar-refractivity contribution in [3.63, 3.8) is 0 Å². The fourth-order valence-corrected chi connectivity index (χ4v) is 4.10. The molecule has 0 radical (unpaired) electrons. The molecule has 1 aliphatic heterocycles. The summed E-state index contributed by atoms with van der Waals surface area (Å²) in [5.74, 6) is 0.791. The third kappa shape index (κ3) is 2.26. The Morgan fingerprint density at radius 3 is 3.10 bits per heavy atom. The molecule has 2 fully saturated rings. The fraction of sp³-hybridized carbons (Fsp3) is 0.600. The average molecular weight is 304 g/mol. The fourth-order valence-electron chi connectivity index (χ4n) is 3.36. The van der Waals surface area contributed by atoms with Crippen molar-refractivity contribution in [2.75, 3.05) is 13.6 Å². The number of amides is 1. The number of hydrogen-bond acceptors (Lipinski definition) is 4. The van der Waals surface area contributed by atoms with Crippen LogP contribution in [0.1, 0.15) is 43.0 Å². The highest BCUT2D eigenvalue weighted by Gasteiger charge is 2.34. The Balaban J connectivity index is 1.65. The average Bonchev–Trinajstić information content (AvgIpc) is 2.93. The molecular weight excluding hydrogens is 284 g/mol. The second-order valence-corrected chi connectivity index (χ2v) is 6.89. The van der Waals surface area contributed by atoms with Gasteiger partial charge in [0.15, 0.2) is 4.96 Å². The molecular formula is C15H20N4OS. The summed E-state index contributed by atoms with van der Waals surface area (Å²) in [7, 11) is 1.73. The van der Waals surface area contributed by atoms with Crippen LogP contribution in [0.15, 0.2) is 11.6 Å². The monoisotopic (exact) mass is 304 g/mol. The summed E-state index contributed by atoms with van der Waals surface area (Å²) in [6, 6.07) is 0.0197. The van der Waals surface area contributed by atoms with E-state index < -0.39 is 0 Å².